The maximum Gasteiger partial charge on any atom is 0.251 e. The predicted octanol–water partition coefficient (Wildman–Crippen LogP) is 5.27. The second kappa shape index (κ2) is 16.3. The van der Waals surface area contributed by atoms with Gasteiger partial charge in [0.2, 0.25) is 5.91 Å². The van der Waals surface area contributed by atoms with Crippen LogP contribution < -0.4 is 27.0 Å². The number of carbonyl (C=O) groups excluding carboxylic acids is 3. The molecule has 6 N–H and O–H groups in total. The number of hydrogen-bond donors (Lipinski definition) is 5. The Hall–Kier alpha value is -5.02. The highest BCUT2D eigenvalue weighted by molar-refractivity contribution is 6.02. The summed E-state index contributed by atoms with van der Waals surface area (Å²) in [5.41, 5.74) is 10.4. The summed E-state index contributed by atoms with van der Waals surface area (Å²) in [6.45, 7) is 6.92. The third-order valence-corrected chi connectivity index (χ3v) is 7.49. The summed E-state index contributed by atoms with van der Waals surface area (Å²) in [5, 5.41) is 12.1. The van der Waals surface area contributed by atoms with E-state index in [0.29, 0.717) is 42.2 Å². The molecule has 9 heteroatoms. The lowest BCUT2D eigenvalue weighted by Crippen LogP contribution is -2.46. The molecule has 0 radical (unpaired) electrons. The van der Waals surface area contributed by atoms with Crippen molar-refractivity contribution in [3.63, 3.8) is 0 Å². The van der Waals surface area contributed by atoms with E-state index in [-0.39, 0.29) is 41.3 Å². The van der Waals surface area contributed by atoms with Crippen molar-refractivity contribution in [1.29, 1.82) is 0 Å². The molecule has 8 nitrogen and oxygen atoms in total. The Morgan fingerprint density at radius 3 is 2.04 bits per heavy atom. The summed E-state index contributed by atoms with van der Waals surface area (Å²) >= 11 is 0. The van der Waals surface area contributed by atoms with Gasteiger partial charge in [-0.3, -0.25) is 14.4 Å². The first-order valence-electron chi connectivity index (χ1n) is 15.5. The lowest BCUT2D eigenvalue weighted by molar-refractivity contribution is -0.120. The van der Waals surface area contributed by atoms with Crippen LogP contribution in [0.3, 0.4) is 0 Å². The average molecular weight is 624 g/mol. The van der Waals surface area contributed by atoms with E-state index in [1.54, 1.807) is 36.4 Å². The minimum absolute atomic E-state index is 0.114. The summed E-state index contributed by atoms with van der Waals surface area (Å²) in [4.78, 5) is 39.6. The van der Waals surface area contributed by atoms with E-state index in [1.807, 2.05) is 69.3 Å². The lowest BCUT2D eigenvalue weighted by atomic mass is 9.97. The highest BCUT2D eigenvalue weighted by atomic mass is 19.1. The molecule has 0 fully saturated rings. The summed E-state index contributed by atoms with van der Waals surface area (Å²) in [6.07, 6.45) is 0.529. The smallest absolute Gasteiger partial charge is 0.251 e. The topological polar surface area (TPSA) is 125 Å². The van der Waals surface area contributed by atoms with E-state index >= 15 is 0 Å². The van der Waals surface area contributed by atoms with Crippen molar-refractivity contribution in [2.75, 3.05) is 25.4 Å². The van der Waals surface area contributed by atoms with Gasteiger partial charge in [-0.15, -0.1) is 0 Å². The summed E-state index contributed by atoms with van der Waals surface area (Å²) < 4.78 is 13.5. The van der Waals surface area contributed by atoms with Gasteiger partial charge in [0.25, 0.3) is 11.8 Å². The second-order valence-electron chi connectivity index (χ2n) is 11.8. The van der Waals surface area contributed by atoms with Gasteiger partial charge in [0.05, 0.1) is 12.6 Å². The molecule has 0 saturated carbocycles. The van der Waals surface area contributed by atoms with Crippen molar-refractivity contribution in [1.82, 2.24) is 21.3 Å². The number of carbonyl (C=O) groups is 3. The van der Waals surface area contributed by atoms with Crippen LogP contribution in [0.25, 0.3) is 11.1 Å². The summed E-state index contributed by atoms with van der Waals surface area (Å²) in [7, 11) is 0. The fourth-order valence-electron chi connectivity index (χ4n) is 5.00. The van der Waals surface area contributed by atoms with Crippen LogP contribution in [0.5, 0.6) is 0 Å². The zero-order valence-electron chi connectivity index (χ0n) is 26.5. The monoisotopic (exact) mass is 623 g/mol. The largest absolute Gasteiger partial charge is 0.398 e. The fraction of sp³-hybridized carbons (Fsp3) is 0.270. The van der Waals surface area contributed by atoms with Crippen LogP contribution in [-0.2, 0) is 11.2 Å². The number of nitrogens with one attached hydrogen (secondary N) is 4. The first kappa shape index (κ1) is 33.9. The molecular formula is C37H42FN5O3. The van der Waals surface area contributed by atoms with Gasteiger partial charge in [-0.1, -0.05) is 74.5 Å². The van der Waals surface area contributed by atoms with Crippen LogP contribution in [0.4, 0.5) is 10.1 Å². The molecule has 46 heavy (non-hydrogen) atoms. The third-order valence-electron chi connectivity index (χ3n) is 7.49. The average Bonchev–Trinajstić information content (AvgIpc) is 3.04. The minimum Gasteiger partial charge on any atom is -0.398 e. The number of hydrogen-bond acceptors (Lipinski definition) is 5. The van der Waals surface area contributed by atoms with Crippen molar-refractivity contribution in [2.45, 2.75) is 39.3 Å². The molecule has 3 amide bonds. The van der Waals surface area contributed by atoms with E-state index in [0.717, 1.165) is 11.1 Å². The van der Waals surface area contributed by atoms with Crippen LogP contribution in [0.15, 0.2) is 97.1 Å². The van der Waals surface area contributed by atoms with Gasteiger partial charge in [0, 0.05) is 41.5 Å². The number of amides is 3. The first-order valence-corrected chi connectivity index (χ1v) is 15.5. The van der Waals surface area contributed by atoms with E-state index in [1.165, 1.54) is 12.1 Å². The lowest BCUT2D eigenvalue weighted by Gasteiger charge is -2.21. The molecule has 0 aliphatic heterocycles. The van der Waals surface area contributed by atoms with E-state index in [4.69, 9.17) is 5.73 Å². The zero-order chi connectivity index (χ0) is 33.1. The first-order chi connectivity index (χ1) is 22.1. The van der Waals surface area contributed by atoms with Crippen molar-refractivity contribution in [3.8, 4) is 11.1 Å². The molecule has 2 atom stereocenters. The van der Waals surface area contributed by atoms with Crippen molar-refractivity contribution >= 4 is 23.4 Å². The molecule has 0 aromatic heterocycles. The molecule has 0 aliphatic rings. The Morgan fingerprint density at radius 1 is 0.761 bits per heavy atom. The number of nitrogen functional groups attached to an aromatic ring is 1. The van der Waals surface area contributed by atoms with Crippen LogP contribution in [0.1, 0.15) is 58.7 Å². The molecule has 0 saturated heterocycles. The molecule has 4 aromatic rings. The van der Waals surface area contributed by atoms with Gasteiger partial charge in [0.15, 0.2) is 0 Å². The maximum absolute atomic E-state index is 13.8. The Bertz CT molecular complexity index is 1630. The number of rotatable bonds is 14. The number of para-hydroxylation sites is 1. The van der Waals surface area contributed by atoms with Gasteiger partial charge in [-0.25, -0.2) is 4.39 Å². The van der Waals surface area contributed by atoms with E-state index in [9.17, 15) is 18.8 Å². The Labute approximate surface area is 270 Å². The van der Waals surface area contributed by atoms with Crippen LogP contribution in [0.2, 0.25) is 0 Å². The SMILES string of the molecule is CC(C)CNC(=O)CNC[C@H](Cc1ccccc1)NC(=O)c1cc(C(=O)NC(C)c2ccc(F)cc2)cc(-c2ccccc2N)c1. The number of anilines is 1. The van der Waals surface area contributed by atoms with Crippen LogP contribution in [0, 0.1) is 11.7 Å². The second-order valence-corrected chi connectivity index (χ2v) is 11.8. The van der Waals surface area contributed by atoms with Crippen LogP contribution >= 0.6 is 0 Å². The third kappa shape index (κ3) is 10.0. The van der Waals surface area contributed by atoms with Crippen molar-refractivity contribution in [3.05, 3.63) is 125 Å². The quantitative estimate of drug-likeness (QED) is 0.123. The molecule has 0 heterocycles. The summed E-state index contributed by atoms with van der Waals surface area (Å²) in [6, 6.07) is 27.2. The van der Waals surface area contributed by atoms with E-state index < -0.39 is 11.9 Å². The highest BCUT2D eigenvalue weighted by Gasteiger charge is 2.20. The molecule has 0 aliphatic carbocycles. The van der Waals surface area contributed by atoms with Gasteiger partial charge >= 0.3 is 0 Å². The predicted molar refractivity (Wildman–Crippen MR) is 181 cm³/mol. The number of nitrogens with two attached hydrogens (primary N) is 1. The number of benzene rings is 4. The van der Waals surface area contributed by atoms with Crippen molar-refractivity contribution in [2.24, 2.45) is 5.92 Å². The Balaban J connectivity index is 1.58. The Morgan fingerprint density at radius 2 is 1.39 bits per heavy atom. The van der Waals surface area contributed by atoms with Gasteiger partial charge in [-0.05, 0) is 72.4 Å². The number of halogens is 1. The highest BCUT2D eigenvalue weighted by Crippen LogP contribution is 2.28. The standard InChI is InChI=1S/C37H42FN5O3/c1-24(2)21-41-35(44)23-40-22-32(17-26-9-5-4-6-10-26)43-37(46)30-19-28(33-11-7-8-12-34(33)39)18-29(20-30)36(45)42-25(3)27-13-15-31(38)16-14-27/h4-16,18-20,24-25,32,40H,17,21-23,39H2,1-3H3,(H,41,44)(H,42,45)(H,43,46)/t25?,32-/m0/s1. The molecule has 0 spiro atoms. The van der Waals surface area contributed by atoms with Gasteiger partial charge in [0.1, 0.15) is 5.82 Å². The van der Waals surface area contributed by atoms with Crippen LogP contribution in [-0.4, -0.2) is 43.4 Å². The molecule has 4 aromatic carbocycles. The molecule has 0 bridgehead atoms. The normalized spacial score (nSPS) is 12.3. The zero-order valence-corrected chi connectivity index (χ0v) is 26.5. The minimum atomic E-state index is -0.408. The maximum atomic E-state index is 13.8. The van der Waals surface area contributed by atoms with Gasteiger partial charge in [-0.2, -0.15) is 0 Å². The molecule has 1 unspecified atom stereocenters. The van der Waals surface area contributed by atoms with Crippen molar-refractivity contribution < 1.29 is 18.8 Å². The van der Waals surface area contributed by atoms with Gasteiger partial charge < -0.3 is 27.0 Å². The molecular weight excluding hydrogens is 581 g/mol. The molecule has 4 rings (SSSR count). The Kier molecular flexibility index (Phi) is 12.0. The summed E-state index contributed by atoms with van der Waals surface area (Å²) in [5.74, 6) is -0.895. The van der Waals surface area contributed by atoms with E-state index in [2.05, 4.69) is 21.3 Å². The fourth-order valence-corrected chi connectivity index (χ4v) is 5.00. The molecule has 240 valence electrons.